The van der Waals surface area contributed by atoms with Crippen LogP contribution in [0.2, 0.25) is 0 Å². The maximum atomic E-state index is 12.7. The van der Waals surface area contributed by atoms with Crippen LogP contribution in [0.1, 0.15) is 31.9 Å². The van der Waals surface area contributed by atoms with Gasteiger partial charge in [0, 0.05) is 12.2 Å². The molecule has 1 aromatic carbocycles. The Labute approximate surface area is 127 Å². The third-order valence-electron chi connectivity index (χ3n) is 3.16. The van der Waals surface area contributed by atoms with Crippen LogP contribution in [-0.2, 0) is 17.3 Å². The molecule has 7 heteroatoms. The van der Waals surface area contributed by atoms with Gasteiger partial charge in [0.25, 0.3) is 0 Å². The summed E-state index contributed by atoms with van der Waals surface area (Å²) in [6.45, 7) is 5.65. The fourth-order valence-electron chi connectivity index (χ4n) is 2.24. The van der Waals surface area contributed by atoms with Crippen LogP contribution in [0.25, 0.3) is 0 Å². The van der Waals surface area contributed by atoms with E-state index in [1.165, 1.54) is 6.07 Å². The molecule has 0 aromatic heterocycles. The van der Waals surface area contributed by atoms with Gasteiger partial charge in [-0.3, -0.25) is 0 Å². The Bertz CT molecular complexity index is 565. The van der Waals surface area contributed by atoms with Crippen molar-refractivity contribution in [1.29, 1.82) is 0 Å². The number of amides is 1. The average molecular weight is 316 g/mol. The van der Waals surface area contributed by atoms with Crippen molar-refractivity contribution in [1.82, 2.24) is 5.32 Å². The van der Waals surface area contributed by atoms with E-state index in [1.54, 1.807) is 20.8 Å². The number of fused-ring (bicyclic) bond motifs is 1. The monoisotopic (exact) mass is 316 g/mol. The number of benzene rings is 1. The first-order chi connectivity index (χ1) is 10.0. The quantitative estimate of drug-likeness (QED) is 0.833. The lowest BCUT2D eigenvalue weighted by molar-refractivity contribution is -0.137. The molecule has 0 radical (unpaired) electrons. The van der Waals surface area contributed by atoms with Gasteiger partial charge in [0.15, 0.2) is 0 Å². The zero-order valence-electron chi connectivity index (χ0n) is 12.7. The van der Waals surface area contributed by atoms with Crippen molar-refractivity contribution < 1.29 is 22.7 Å². The van der Waals surface area contributed by atoms with Crippen LogP contribution >= 0.6 is 0 Å². The van der Waals surface area contributed by atoms with Crippen molar-refractivity contribution in [2.24, 2.45) is 0 Å². The summed E-state index contributed by atoms with van der Waals surface area (Å²) in [5.41, 5.74) is -0.0826. The Kier molecular flexibility index (Phi) is 4.26. The van der Waals surface area contributed by atoms with Crippen LogP contribution in [0.15, 0.2) is 18.2 Å². The van der Waals surface area contributed by atoms with Crippen LogP contribution < -0.4 is 10.6 Å². The van der Waals surface area contributed by atoms with Gasteiger partial charge in [0.1, 0.15) is 5.60 Å². The van der Waals surface area contributed by atoms with E-state index in [2.05, 4.69) is 10.6 Å². The fraction of sp³-hybridized carbons (Fsp3) is 0.533. The van der Waals surface area contributed by atoms with E-state index < -0.39 is 23.4 Å². The number of ether oxygens (including phenoxy) is 1. The molecule has 1 aliphatic rings. The molecule has 1 aliphatic heterocycles. The number of rotatable bonds is 1. The number of hydrogen-bond donors (Lipinski definition) is 2. The standard InChI is InChI=1S/C15H19F3N2O2/c1-14(2,3)22-13(21)20-11-6-9-4-5-10(15(16,17)18)7-12(9)19-8-11/h4-5,7,11,19H,6,8H2,1-3H3,(H,20,21). The van der Waals surface area contributed by atoms with Crippen LogP contribution in [-0.4, -0.2) is 24.3 Å². The second-order valence-corrected chi connectivity index (χ2v) is 6.30. The van der Waals surface area contributed by atoms with Gasteiger partial charge < -0.3 is 15.4 Å². The molecule has 122 valence electrons. The van der Waals surface area contributed by atoms with Crippen molar-refractivity contribution >= 4 is 11.8 Å². The van der Waals surface area contributed by atoms with Gasteiger partial charge in [-0.25, -0.2) is 4.79 Å². The van der Waals surface area contributed by atoms with E-state index in [0.29, 0.717) is 18.7 Å². The molecule has 2 N–H and O–H groups in total. The van der Waals surface area contributed by atoms with Crippen molar-refractivity contribution in [2.45, 2.75) is 45.0 Å². The predicted molar refractivity (Wildman–Crippen MR) is 76.8 cm³/mol. The topological polar surface area (TPSA) is 50.4 Å². The van der Waals surface area contributed by atoms with Gasteiger partial charge in [-0.1, -0.05) is 6.07 Å². The summed E-state index contributed by atoms with van der Waals surface area (Å²) in [6, 6.07) is 3.36. The normalized spacial score (nSPS) is 18.2. The van der Waals surface area contributed by atoms with E-state index in [1.807, 2.05) is 0 Å². The zero-order chi connectivity index (χ0) is 16.5. The first-order valence-corrected chi connectivity index (χ1v) is 6.98. The average Bonchev–Trinajstić information content (AvgIpc) is 2.34. The molecule has 4 nitrogen and oxygen atoms in total. The van der Waals surface area contributed by atoms with Crippen LogP contribution in [0.3, 0.4) is 0 Å². The number of halogens is 3. The van der Waals surface area contributed by atoms with Crippen molar-refractivity contribution in [3.8, 4) is 0 Å². The molecule has 1 heterocycles. The minimum absolute atomic E-state index is 0.223. The highest BCUT2D eigenvalue weighted by atomic mass is 19.4. The Balaban J connectivity index is 2.02. The van der Waals surface area contributed by atoms with Gasteiger partial charge in [0.2, 0.25) is 0 Å². The SMILES string of the molecule is CC(C)(C)OC(=O)NC1CNc2cc(C(F)(F)F)ccc2C1. The third-order valence-corrected chi connectivity index (χ3v) is 3.16. The number of hydrogen-bond acceptors (Lipinski definition) is 3. The summed E-state index contributed by atoms with van der Waals surface area (Å²) >= 11 is 0. The van der Waals surface area contributed by atoms with Gasteiger partial charge >= 0.3 is 12.3 Å². The molecule has 2 rings (SSSR count). The molecule has 22 heavy (non-hydrogen) atoms. The highest BCUT2D eigenvalue weighted by Gasteiger charge is 2.32. The van der Waals surface area contributed by atoms with Crippen LogP contribution in [0.4, 0.5) is 23.7 Å². The minimum Gasteiger partial charge on any atom is -0.444 e. The summed E-state index contributed by atoms with van der Waals surface area (Å²) in [7, 11) is 0. The maximum Gasteiger partial charge on any atom is 0.416 e. The van der Waals surface area contributed by atoms with Gasteiger partial charge in [-0.05, 0) is 44.9 Å². The molecular weight excluding hydrogens is 297 g/mol. The Morgan fingerprint density at radius 3 is 2.59 bits per heavy atom. The van der Waals surface area contributed by atoms with Gasteiger partial charge in [-0.15, -0.1) is 0 Å². The Morgan fingerprint density at radius 1 is 1.32 bits per heavy atom. The van der Waals surface area contributed by atoms with Gasteiger partial charge in [0.05, 0.1) is 11.6 Å². The smallest absolute Gasteiger partial charge is 0.416 e. The van der Waals surface area contributed by atoms with Crippen LogP contribution in [0, 0.1) is 0 Å². The number of anilines is 1. The lowest BCUT2D eigenvalue weighted by atomic mass is 9.98. The minimum atomic E-state index is -4.36. The van der Waals surface area contributed by atoms with Crippen molar-refractivity contribution in [3.05, 3.63) is 29.3 Å². The first kappa shape index (κ1) is 16.5. The molecule has 1 amide bonds. The maximum absolute atomic E-state index is 12.7. The Hall–Kier alpha value is -1.92. The third kappa shape index (κ3) is 4.29. The lowest BCUT2D eigenvalue weighted by Crippen LogP contribution is -2.45. The zero-order valence-corrected chi connectivity index (χ0v) is 12.7. The highest BCUT2D eigenvalue weighted by molar-refractivity contribution is 5.69. The number of carbonyl (C=O) groups excluding carboxylic acids is 1. The Morgan fingerprint density at radius 2 is 2.00 bits per heavy atom. The first-order valence-electron chi connectivity index (χ1n) is 6.98. The highest BCUT2D eigenvalue weighted by Crippen LogP contribution is 2.33. The van der Waals surface area contributed by atoms with Crippen molar-refractivity contribution in [2.75, 3.05) is 11.9 Å². The van der Waals surface area contributed by atoms with Crippen LogP contribution in [0.5, 0.6) is 0 Å². The van der Waals surface area contributed by atoms with E-state index >= 15 is 0 Å². The second kappa shape index (κ2) is 5.70. The molecule has 1 aromatic rings. The molecule has 1 atom stereocenters. The number of alkyl carbamates (subject to hydrolysis) is 1. The molecule has 0 spiro atoms. The summed E-state index contributed by atoms with van der Waals surface area (Å²) in [5, 5.41) is 5.64. The van der Waals surface area contributed by atoms with Gasteiger partial charge in [-0.2, -0.15) is 13.2 Å². The van der Waals surface area contributed by atoms with Crippen molar-refractivity contribution in [3.63, 3.8) is 0 Å². The summed E-state index contributed by atoms with van der Waals surface area (Å²) < 4.78 is 43.2. The molecule has 0 saturated heterocycles. The predicted octanol–water partition coefficient (Wildman–Crippen LogP) is 3.57. The number of nitrogens with one attached hydrogen (secondary N) is 2. The molecule has 1 unspecified atom stereocenters. The van der Waals surface area contributed by atoms with E-state index in [0.717, 1.165) is 17.7 Å². The lowest BCUT2D eigenvalue weighted by Gasteiger charge is -2.28. The molecule has 0 saturated carbocycles. The number of carbonyl (C=O) groups is 1. The molecular formula is C15H19F3N2O2. The van der Waals surface area contributed by atoms with E-state index in [4.69, 9.17) is 4.74 Å². The summed E-state index contributed by atoms with van der Waals surface area (Å²) in [6.07, 6.45) is -4.43. The van der Waals surface area contributed by atoms with E-state index in [9.17, 15) is 18.0 Å². The second-order valence-electron chi connectivity index (χ2n) is 6.30. The fourth-order valence-corrected chi connectivity index (χ4v) is 2.24. The molecule has 0 aliphatic carbocycles. The number of alkyl halides is 3. The van der Waals surface area contributed by atoms with E-state index in [-0.39, 0.29) is 6.04 Å². The molecule has 0 bridgehead atoms. The molecule has 0 fully saturated rings. The summed E-state index contributed by atoms with van der Waals surface area (Å²) in [5.74, 6) is 0. The largest absolute Gasteiger partial charge is 0.444 e. The summed E-state index contributed by atoms with van der Waals surface area (Å²) in [4.78, 5) is 11.7.